The average Bonchev–Trinajstić information content (AvgIpc) is 3.32. The van der Waals surface area contributed by atoms with Crippen molar-refractivity contribution in [2.45, 2.75) is 14.4 Å². The molecule has 0 atom stereocenters. The third-order valence-corrected chi connectivity index (χ3v) is 5.85. The third-order valence-electron chi connectivity index (χ3n) is 5.85. The monoisotopic (exact) mass is 504 g/mol. The first kappa shape index (κ1) is 26.1. The zero-order valence-electron chi connectivity index (χ0n) is 20.1. The summed E-state index contributed by atoms with van der Waals surface area (Å²) in [6, 6.07) is 13.6. The maximum Gasteiger partial charge on any atom is 0.413 e. The molecule has 0 bridgehead atoms. The van der Waals surface area contributed by atoms with E-state index >= 15 is 0 Å². The Morgan fingerprint density at radius 1 is 1.14 bits per heavy atom. The van der Waals surface area contributed by atoms with Crippen LogP contribution in [-0.4, -0.2) is 77.0 Å². The van der Waals surface area contributed by atoms with E-state index in [9.17, 15) is 4.79 Å². The second kappa shape index (κ2) is 12.3. The zero-order chi connectivity index (χ0) is 24.7. The summed E-state index contributed by atoms with van der Waals surface area (Å²) in [5.74, 6) is 0.889. The van der Waals surface area contributed by atoms with Gasteiger partial charge in [0, 0.05) is 49.2 Å². The zero-order valence-corrected chi connectivity index (χ0v) is 20.1. The number of ether oxygens (including phenoxy) is 3. The summed E-state index contributed by atoms with van der Waals surface area (Å²) in [4.78, 5) is 31.0. The van der Waals surface area contributed by atoms with Gasteiger partial charge < -0.3 is 19.2 Å². The molecule has 10 nitrogen and oxygen atoms in total. The van der Waals surface area contributed by atoms with Gasteiger partial charge in [0.25, 0.3) is 0 Å². The van der Waals surface area contributed by atoms with Crippen molar-refractivity contribution >= 4 is 23.1 Å². The summed E-state index contributed by atoms with van der Waals surface area (Å²) in [6.45, 7) is 6.85. The number of rotatable bonds is 8. The van der Waals surface area contributed by atoms with Crippen LogP contribution in [0.4, 0.5) is 10.7 Å². The number of imidazole rings is 1. The van der Waals surface area contributed by atoms with Gasteiger partial charge in [-0.25, -0.2) is 14.8 Å². The highest BCUT2D eigenvalue weighted by atomic mass is 16.5. The molecule has 1 fully saturated rings. The van der Waals surface area contributed by atoms with Crippen LogP contribution in [0.2, 0.25) is 0 Å². The molecule has 0 radical (unpaired) electrons. The fourth-order valence-corrected chi connectivity index (χ4v) is 4.07. The number of carbonyl (C=O) groups excluding carboxylic acids is 1. The highest BCUT2D eigenvalue weighted by Gasteiger charge is 2.15. The fraction of sp³-hybridized carbons (Fsp3) is 0.333. The van der Waals surface area contributed by atoms with Gasteiger partial charge in [-0.1, -0.05) is 13.5 Å². The second-order valence-electron chi connectivity index (χ2n) is 8.25. The number of hydrogen-bond donors (Lipinski definition) is 2. The number of nitrogens with one attached hydrogen (secondary N) is 2. The molecule has 4 heterocycles. The maximum absolute atomic E-state index is 11.9. The SMILES string of the molecule is C.CCOC(=O)Nc1nc2c(-c3ccccn3)cc(-c3ccc(OCCN4CCOCC4)nc3)cc2[nH]1. The van der Waals surface area contributed by atoms with E-state index < -0.39 is 6.09 Å². The topological polar surface area (TPSA) is 114 Å². The molecular weight excluding hydrogens is 472 g/mol. The number of anilines is 1. The van der Waals surface area contributed by atoms with E-state index in [0.29, 0.717) is 24.0 Å². The largest absolute Gasteiger partial charge is 0.476 e. The van der Waals surface area contributed by atoms with Crippen LogP contribution in [0, 0.1) is 0 Å². The van der Waals surface area contributed by atoms with Crippen molar-refractivity contribution in [2.75, 3.05) is 51.4 Å². The summed E-state index contributed by atoms with van der Waals surface area (Å²) in [6.07, 6.45) is 2.97. The van der Waals surface area contributed by atoms with E-state index in [1.807, 2.05) is 42.5 Å². The van der Waals surface area contributed by atoms with Crippen LogP contribution in [-0.2, 0) is 9.47 Å². The first-order chi connectivity index (χ1) is 17.7. The predicted molar refractivity (Wildman–Crippen MR) is 143 cm³/mol. The average molecular weight is 505 g/mol. The Morgan fingerprint density at radius 3 is 2.73 bits per heavy atom. The quantitative estimate of drug-likeness (QED) is 0.358. The van der Waals surface area contributed by atoms with E-state index in [-0.39, 0.29) is 14.0 Å². The summed E-state index contributed by atoms with van der Waals surface area (Å²) in [7, 11) is 0. The fourth-order valence-electron chi connectivity index (χ4n) is 4.07. The lowest BCUT2D eigenvalue weighted by molar-refractivity contribution is 0.0320. The van der Waals surface area contributed by atoms with Gasteiger partial charge in [-0.05, 0) is 42.8 Å². The first-order valence-electron chi connectivity index (χ1n) is 12.0. The number of pyridine rings is 2. The van der Waals surface area contributed by atoms with Crippen molar-refractivity contribution in [2.24, 2.45) is 0 Å². The van der Waals surface area contributed by atoms with Crippen molar-refractivity contribution in [1.82, 2.24) is 24.8 Å². The van der Waals surface area contributed by atoms with Crippen molar-refractivity contribution in [3.63, 3.8) is 0 Å². The Balaban J connectivity index is 0.00000320. The van der Waals surface area contributed by atoms with Gasteiger partial charge in [-0.2, -0.15) is 0 Å². The van der Waals surface area contributed by atoms with E-state index in [0.717, 1.165) is 60.7 Å². The molecule has 4 aromatic rings. The molecule has 0 aliphatic carbocycles. The molecule has 1 aliphatic rings. The van der Waals surface area contributed by atoms with Gasteiger partial charge >= 0.3 is 6.09 Å². The van der Waals surface area contributed by atoms with E-state index in [1.54, 1.807) is 19.3 Å². The Bertz CT molecular complexity index is 1300. The molecule has 1 aromatic carbocycles. The van der Waals surface area contributed by atoms with Crippen LogP contribution in [0.5, 0.6) is 5.88 Å². The smallest absolute Gasteiger partial charge is 0.413 e. The van der Waals surface area contributed by atoms with E-state index in [2.05, 4.69) is 30.2 Å². The van der Waals surface area contributed by atoms with Crippen LogP contribution < -0.4 is 10.1 Å². The Labute approximate surface area is 216 Å². The van der Waals surface area contributed by atoms with E-state index in [1.165, 1.54) is 0 Å². The van der Waals surface area contributed by atoms with Gasteiger partial charge in [-0.15, -0.1) is 0 Å². The summed E-state index contributed by atoms with van der Waals surface area (Å²) in [5.41, 5.74) is 4.91. The van der Waals surface area contributed by atoms with Gasteiger partial charge in [0.15, 0.2) is 0 Å². The number of aromatic amines is 1. The van der Waals surface area contributed by atoms with Crippen LogP contribution in [0.1, 0.15) is 14.4 Å². The molecule has 1 aliphatic heterocycles. The highest BCUT2D eigenvalue weighted by molar-refractivity contribution is 5.97. The number of hydrogen-bond acceptors (Lipinski definition) is 8. The van der Waals surface area contributed by atoms with Crippen LogP contribution >= 0.6 is 0 Å². The number of nitrogens with zero attached hydrogens (tertiary/aromatic N) is 4. The highest BCUT2D eigenvalue weighted by Crippen LogP contribution is 2.33. The molecule has 0 spiro atoms. The number of morpholine rings is 1. The Morgan fingerprint density at radius 2 is 2.00 bits per heavy atom. The molecule has 0 unspecified atom stereocenters. The molecule has 0 saturated carbocycles. The summed E-state index contributed by atoms with van der Waals surface area (Å²) in [5, 5.41) is 2.63. The van der Waals surface area contributed by atoms with Gasteiger partial charge in [0.2, 0.25) is 11.8 Å². The van der Waals surface area contributed by atoms with Crippen LogP contribution in [0.3, 0.4) is 0 Å². The van der Waals surface area contributed by atoms with Gasteiger partial charge in [0.1, 0.15) is 6.61 Å². The number of amides is 1. The molecule has 1 saturated heterocycles. The second-order valence-corrected chi connectivity index (χ2v) is 8.25. The molecule has 2 N–H and O–H groups in total. The molecular formula is C27H32N6O4. The minimum atomic E-state index is -0.565. The molecule has 3 aromatic heterocycles. The van der Waals surface area contributed by atoms with Gasteiger partial charge in [0.05, 0.1) is 36.5 Å². The molecule has 10 heteroatoms. The minimum Gasteiger partial charge on any atom is -0.476 e. The lowest BCUT2D eigenvalue weighted by Crippen LogP contribution is -2.38. The molecule has 5 rings (SSSR count). The predicted octanol–water partition coefficient (Wildman–Crippen LogP) is 4.60. The standard InChI is InChI=1S/C26H28N6O4.CH4/c1-2-35-26(33)31-25-29-22-16-19(15-20(24(22)30-25)21-5-3-4-8-27-21)18-6-7-23(28-17-18)36-14-11-32-9-12-34-13-10-32;/h3-8,15-17H,2,9-14H2,1H3,(H2,29,30,31,33);1H4. The number of H-pyrrole nitrogens is 1. The summed E-state index contributed by atoms with van der Waals surface area (Å²) >= 11 is 0. The number of fused-ring (bicyclic) bond motifs is 1. The number of benzene rings is 1. The van der Waals surface area contributed by atoms with Crippen LogP contribution in [0.25, 0.3) is 33.4 Å². The maximum atomic E-state index is 11.9. The summed E-state index contributed by atoms with van der Waals surface area (Å²) < 4.78 is 16.2. The molecule has 1 amide bonds. The third kappa shape index (κ3) is 6.41. The van der Waals surface area contributed by atoms with Crippen molar-refractivity contribution in [1.29, 1.82) is 0 Å². The van der Waals surface area contributed by atoms with Gasteiger partial charge in [-0.3, -0.25) is 15.2 Å². The Hall–Kier alpha value is -4.02. The lowest BCUT2D eigenvalue weighted by atomic mass is 10.0. The van der Waals surface area contributed by atoms with Crippen molar-refractivity contribution < 1.29 is 19.0 Å². The molecule has 194 valence electrons. The van der Waals surface area contributed by atoms with Crippen molar-refractivity contribution in [3.8, 4) is 28.3 Å². The molecule has 37 heavy (non-hydrogen) atoms. The minimum absolute atomic E-state index is 0. The normalized spacial score (nSPS) is 13.6. The van der Waals surface area contributed by atoms with Crippen molar-refractivity contribution in [3.05, 3.63) is 54.9 Å². The number of aromatic nitrogens is 4. The first-order valence-corrected chi connectivity index (χ1v) is 12.0. The lowest BCUT2D eigenvalue weighted by Gasteiger charge is -2.26. The number of carbonyl (C=O) groups is 1. The van der Waals surface area contributed by atoms with E-state index in [4.69, 9.17) is 14.2 Å². The van der Waals surface area contributed by atoms with Crippen LogP contribution in [0.15, 0.2) is 54.9 Å². The Kier molecular flexibility index (Phi) is 8.65.